The molecule has 8 heteroatoms. The zero-order valence-corrected chi connectivity index (χ0v) is 18.2. The predicted octanol–water partition coefficient (Wildman–Crippen LogP) is 8.32. The first-order chi connectivity index (χ1) is 16.6. The highest BCUT2D eigenvalue weighted by Gasteiger charge is 1.97. The fourth-order valence-corrected chi connectivity index (χ4v) is 2.95. The van der Waals surface area contributed by atoms with Crippen LogP contribution in [0.1, 0.15) is 0 Å². The average Bonchev–Trinajstić information content (AvgIpc) is 2.87. The Bertz CT molecular complexity index is 1140. The second-order valence-electron chi connectivity index (χ2n) is 7.30. The van der Waals surface area contributed by atoms with Gasteiger partial charge in [-0.15, -0.1) is 0 Å². The molecule has 0 bridgehead atoms. The second-order valence-corrected chi connectivity index (χ2v) is 7.30. The van der Waals surface area contributed by atoms with Crippen LogP contribution in [0.25, 0.3) is 0 Å². The molecular weight excluding hydrogens is 434 g/mol. The summed E-state index contributed by atoms with van der Waals surface area (Å²) in [5.41, 5.74) is 4.56. The van der Waals surface area contributed by atoms with Gasteiger partial charge in [0.2, 0.25) is 0 Å². The number of halogens is 2. The molecular formula is C26H22F2N6. The van der Waals surface area contributed by atoms with Gasteiger partial charge in [-0.1, -0.05) is 0 Å². The molecule has 0 saturated heterocycles. The molecule has 4 rings (SSSR count). The highest BCUT2D eigenvalue weighted by molar-refractivity contribution is 5.53. The van der Waals surface area contributed by atoms with Crippen LogP contribution in [0.2, 0.25) is 0 Å². The van der Waals surface area contributed by atoms with Crippen LogP contribution in [-0.2, 0) is 0 Å². The van der Waals surface area contributed by atoms with E-state index in [0.717, 1.165) is 24.5 Å². The molecule has 4 aromatic rings. The number of nitrogens with one attached hydrogen (secondary N) is 2. The summed E-state index contributed by atoms with van der Waals surface area (Å²) in [4.78, 5) is 0. The summed E-state index contributed by atoms with van der Waals surface area (Å²) in [5.74, 6) is -0.600. The molecule has 0 saturated carbocycles. The van der Waals surface area contributed by atoms with E-state index in [1.807, 2.05) is 48.5 Å². The number of benzene rings is 4. The van der Waals surface area contributed by atoms with Gasteiger partial charge in [-0.25, -0.2) is 8.78 Å². The third kappa shape index (κ3) is 7.03. The molecule has 0 amide bonds. The molecule has 0 aliphatic carbocycles. The van der Waals surface area contributed by atoms with Crippen LogP contribution in [0, 0.1) is 11.6 Å². The SMILES string of the molecule is Fc1ccc(/N=N/c2ccc(NCCNc3ccc(/N=N/c4ccc(F)cc4)cc3)cc2)cc1. The van der Waals surface area contributed by atoms with Crippen molar-refractivity contribution in [2.75, 3.05) is 23.7 Å². The minimum atomic E-state index is -0.300. The van der Waals surface area contributed by atoms with E-state index in [4.69, 9.17) is 0 Å². The van der Waals surface area contributed by atoms with E-state index in [2.05, 4.69) is 31.1 Å². The molecule has 0 radical (unpaired) electrons. The molecule has 170 valence electrons. The molecule has 6 nitrogen and oxygen atoms in total. The Balaban J connectivity index is 1.19. The fourth-order valence-electron chi connectivity index (χ4n) is 2.95. The Hall–Kier alpha value is -4.46. The first-order valence-corrected chi connectivity index (χ1v) is 10.7. The predicted molar refractivity (Wildman–Crippen MR) is 131 cm³/mol. The highest BCUT2D eigenvalue weighted by Crippen LogP contribution is 2.22. The van der Waals surface area contributed by atoms with Gasteiger partial charge in [-0.05, 0) is 97.1 Å². The third-order valence-electron chi connectivity index (χ3n) is 4.73. The van der Waals surface area contributed by atoms with E-state index >= 15 is 0 Å². The van der Waals surface area contributed by atoms with Gasteiger partial charge in [0.05, 0.1) is 22.7 Å². The maximum absolute atomic E-state index is 12.9. The Morgan fingerprint density at radius 3 is 0.971 bits per heavy atom. The van der Waals surface area contributed by atoms with Gasteiger partial charge in [-0.3, -0.25) is 0 Å². The molecule has 0 unspecified atom stereocenters. The molecule has 0 aliphatic heterocycles. The first-order valence-electron chi connectivity index (χ1n) is 10.7. The summed E-state index contributed by atoms with van der Waals surface area (Å²) in [6.45, 7) is 1.45. The third-order valence-corrected chi connectivity index (χ3v) is 4.73. The number of nitrogens with zero attached hydrogens (tertiary/aromatic N) is 4. The van der Waals surface area contributed by atoms with Crippen molar-refractivity contribution in [1.29, 1.82) is 0 Å². The normalized spacial score (nSPS) is 11.2. The van der Waals surface area contributed by atoms with Crippen molar-refractivity contribution in [3.05, 3.63) is 109 Å². The summed E-state index contributed by atoms with van der Waals surface area (Å²) < 4.78 is 25.9. The molecule has 0 fully saturated rings. The van der Waals surface area contributed by atoms with E-state index in [0.29, 0.717) is 22.7 Å². The summed E-state index contributed by atoms with van der Waals surface area (Å²) in [5, 5.41) is 23.2. The molecule has 34 heavy (non-hydrogen) atoms. The van der Waals surface area contributed by atoms with Crippen molar-refractivity contribution in [1.82, 2.24) is 0 Å². The second kappa shape index (κ2) is 11.4. The molecule has 0 atom stereocenters. The quantitative estimate of drug-likeness (QED) is 0.196. The fraction of sp³-hybridized carbons (Fsp3) is 0.0769. The van der Waals surface area contributed by atoms with Crippen LogP contribution in [0.3, 0.4) is 0 Å². The van der Waals surface area contributed by atoms with Gasteiger partial charge in [0.15, 0.2) is 0 Å². The van der Waals surface area contributed by atoms with E-state index in [1.54, 1.807) is 24.3 Å². The first kappa shape index (κ1) is 22.7. The smallest absolute Gasteiger partial charge is 0.123 e. The van der Waals surface area contributed by atoms with E-state index in [9.17, 15) is 8.78 Å². The summed E-state index contributed by atoms with van der Waals surface area (Å²) >= 11 is 0. The lowest BCUT2D eigenvalue weighted by atomic mass is 10.3. The van der Waals surface area contributed by atoms with Gasteiger partial charge in [-0.2, -0.15) is 20.5 Å². The van der Waals surface area contributed by atoms with Crippen LogP contribution in [0.5, 0.6) is 0 Å². The van der Waals surface area contributed by atoms with Crippen LogP contribution in [0.4, 0.5) is 42.9 Å². The largest absolute Gasteiger partial charge is 0.383 e. The maximum atomic E-state index is 12.9. The molecule has 0 aromatic heterocycles. The van der Waals surface area contributed by atoms with Crippen LogP contribution in [0.15, 0.2) is 118 Å². The van der Waals surface area contributed by atoms with Crippen molar-refractivity contribution in [3.63, 3.8) is 0 Å². The minimum absolute atomic E-state index is 0.300. The van der Waals surface area contributed by atoms with Gasteiger partial charge in [0.1, 0.15) is 11.6 Å². The van der Waals surface area contributed by atoms with Crippen molar-refractivity contribution < 1.29 is 8.78 Å². The van der Waals surface area contributed by atoms with Gasteiger partial charge >= 0.3 is 0 Å². The zero-order chi connectivity index (χ0) is 23.6. The lowest BCUT2D eigenvalue weighted by Crippen LogP contribution is -2.13. The maximum Gasteiger partial charge on any atom is 0.123 e. The monoisotopic (exact) mass is 456 g/mol. The Kier molecular flexibility index (Phi) is 7.63. The number of hydrogen-bond acceptors (Lipinski definition) is 6. The molecule has 4 aromatic carbocycles. The number of hydrogen-bond donors (Lipinski definition) is 2. The molecule has 0 spiro atoms. The molecule has 0 aliphatic rings. The summed E-state index contributed by atoms with van der Waals surface area (Å²) in [7, 11) is 0. The number of anilines is 2. The van der Waals surface area contributed by atoms with E-state index in [-0.39, 0.29) is 11.6 Å². The lowest BCUT2D eigenvalue weighted by molar-refractivity contribution is 0.627. The van der Waals surface area contributed by atoms with Gasteiger partial charge in [0.25, 0.3) is 0 Å². The van der Waals surface area contributed by atoms with Crippen LogP contribution < -0.4 is 10.6 Å². The van der Waals surface area contributed by atoms with Crippen molar-refractivity contribution in [2.24, 2.45) is 20.5 Å². The summed E-state index contributed by atoms with van der Waals surface area (Å²) in [6, 6.07) is 26.9. The van der Waals surface area contributed by atoms with Crippen molar-refractivity contribution in [3.8, 4) is 0 Å². The van der Waals surface area contributed by atoms with E-state index in [1.165, 1.54) is 24.3 Å². The van der Waals surface area contributed by atoms with Crippen LogP contribution >= 0.6 is 0 Å². The number of azo groups is 2. The Morgan fingerprint density at radius 2 is 0.676 bits per heavy atom. The topological polar surface area (TPSA) is 73.5 Å². The standard InChI is InChI=1S/C26H22F2N6/c27-19-1-5-23(6-2-19)31-33-25-13-9-21(10-14-25)29-17-18-30-22-11-15-26(16-12-22)34-32-24-7-3-20(28)4-8-24/h1-16,29-30H,17-18H2/b33-31+,34-32+. The minimum Gasteiger partial charge on any atom is -0.383 e. The molecule has 2 N–H and O–H groups in total. The molecule has 0 heterocycles. The average molecular weight is 457 g/mol. The lowest BCUT2D eigenvalue weighted by Gasteiger charge is -2.09. The zero-order valence-electron chi connectivity index (χ0n) is 18.2. The van der Waals surface area contributed by atoms with Gasteiger partial charge in [0, 0.05) is 24.5 Å². The van der Waals surface area contributed by atoms with Gasteiger partial charge < -0.3 is 10.6 Å². The van der Waals surface area contributed by atoms with E-state index < -0.39 is 0 Å². The Morgan fingerprint density at radius 1 is 0.412 bits per heavy atom. The van der Waals surface area contributed by atoms with Crippen molar-refractivity contribution >= 4 is 34.1 Å². The number of rotatable bonds is 9. The van der Waals surface area contributed by atoms with Crippen molar-refractivity contribution in [2.45, 2.75) is 0 Å². The summed E-state index contributed by atoms with van der Waals surface area (Å²) in [6.07, 6.45) is 0. The Labute approximate surface area is 196 Å². The van der Waals surface area contributed by atoms with Crippen LogP contribution in [-0.4, -0.2) is 13.1 Å². The highest BCUT2D eigenvalue weighted by atomic mass is 19.1.